The zero-order chi connectivity index (χ0) is 31.9. The van der Waals surface area contributed by atoms with Crippen molar-refractivity contribution in [3.8, 4) is 11.5 Å². The average molecular weight is 610 g/mol. The van der Waals surface area contributed by atoms with Crippen LogP contribution < -0.4 is 19.1 Å². The van der Waals surface area contributed by atoms with Crippen LogP contribution in [0.25, 0.3) is 0 Å². The van der Waals surface area contributed by atoms with Gasteiger partial charge in [0.2, 0.25) is 11.8 Å². The summed E-state index contributed by atoms with van der Waals surface area (Å²) in [5, 5.41) is 2.95. The van der Waals surface area contributed by atoms with Crippen LogP contribution in [0.5, 0.6) is 11.5 Å². The molecule has 0 radical (unpaired) electrons. The van der Waals surface area contributed by atoms with Gasteiger partial charge in [-0.25, -0.2) is 8.42 Å². The molecule has 0 aliphatic carbocycles. The van der Waals surface area contributed by atoms with Gasteiger partial charge in [-0.1, -0.05) is 42.8 Å². The first kappa shape index (κ1) is 33.5. The maximum Gasteiger partial charge on any atom is 0.264 e. The van der Waals surface area contributed by atoms with Gasteiger partial charge < -0.3 is 19.7 Å². The van der Waals surface area contributed by atoms with Gasteiger partial charge in [0.15, 0.2) is 11.5 Å². The molecule has 2 amide bonds. The fourth-order valence-corrected chi connectivity index (χ4v) is 6.08. The van der Waals surface area contributed by atoms with Crippen molar-refractivity contribution in [2.24, 2.45) is 0 Å². The normalized spacial score (nSPS) is 12.7. The first-order valence-corrected chi connectivity index (χ1v) is 15.7. The number of ether oxygens (including phenoxy) is 2. The van der Waals surface area contributed by atoms with E-state index in [0.717, 1.165) is 33.0 Å². The second-order valence-corrected chi connectivity index (χ2v) is 12.7. The maximum absolute atomic E-state index is 14.2. The highest BCUT2D eigenvalue weighted by Crippen LogP contribution is 2.33. The Morgan fingerprint density at radius 2 is 1.44 bits per heavy atom. The van der Waals surface area contributed by atoms with Gasteiger partial charge in [-0.05, 0) is 82.0 Å². The van der Waals surface area contributed by atoms with Crippen LogP contribution in [0.2, 0.25) is 0 Å². The van der Waals surface area contributed by atoms with Crippen LogP contribution >= 0.6 is 0 Å². The zero-order valence-corrected chi connectivity index (χ0v) is 27.1. The number of aryl methyl sites for hydroxylation is 3. The maximum atomic E-state index is 14.2. The van der Waals surface area contributed by atoms with Crippen LogP contribution in [-0.4, -0.2) is 58.0 Å². The van der Waals surface area contributed by atoms with E-state index in [1.54, 1.807) is 19.1 Å². The van der Waals surface area contributed by atoms with E-state index >= 15 is 0 Å². The Hall–Kier alpha value is -4.05. The molecule has 0 aromatic heterocycles. The zero-order valence-electron chi connectivity index (χ0n) is 26.3. The van der Waals surface area contributed by atoms with Crippen molar-refractivity contribution in [3.05, 3.63) is 82.9 Å². The van der Waals surface area contributed by atoms with E-state index in [-0.39, 0.29) is 29.1 Å². The van der Waals surface area contributed by atoms with Crippen molar-refractivity contribution in [2.75, 3.05) is 25.1 Å². The molecule has 0 spiro atoms. The van der Waals surface area contributed by atoms with E-state index < -0.39 is 28.5 Å². The summed E-state index contributed by atoms with van der Waals surface area (Å²) in [6.45, 7) is 10.8. The van der Waals surface area contributed by atoms with Gasteiger partial charge >= 0.3 is 0 Å². The molecule has 232 valence electrons. The van der Waals surface area contributed by atoms with Crippen molar-refractivity contribution in [2.45, 2.75) is 71.5 Å². The van der Waals surface area contributed by atoms with E-state index in [1.165, 1.54) is 37.3 Å². The molecule has 0 aliphatic heterocycles. The molecule has 0 fully saturated rings. The SMILES string of the molecule is CC[C@@H](C)NC(=O)[C@@H](C)N(Cc1ccc(C)cc1)C(=O)CN(c1cc(C)cc(C)c1)S(=O)(=O)c1ccc(OC)c(OC)c1. The lowest BCUT2D eigenvalue weighted by Gasteiger charge is -2.32. The van der Waals surface area contributed by atoms with E-state index in [0.29, 0.717) is 11.4 Å². The van der Waals surface area contributed by atoms with Crippen molar-refractivity contribution in [3.63, 3.8) is 0 Å². The van der Waals surface area contributed by atoms with Crippen LogP contribution in [0, 0.1) is 20.8 Å². The summed E-state index contributed by atoms with van der Waals surface area (Å²) in [5.41, 5.74) is 3.90. The molecule has 0 aliphatic rings. The molecule has 10 heteroatoms. The summed E-state index contributed by atoms with van der Waals surface area (Å²) in [6.07, 6.45) is 0.731. The van der Waals surface area contributed by atoms with Crippen LogP contribution in [0.1, 0.15) is 49.4 Å². The minimum absolute atomic E-state index is 0.0650. The second-order valence-electron chi connectivity index (χ2n) is 10.9. The van der Waals surface area contributed by atoms with E-state index in [9.17, 15) is 18.0 Å². The number of amides is 2. The van der Waals surface area contributed by atoms with E-state index in [1.807, 2.05) is 65.0 Å². The third-order valence-corrected chi connectivity index (χ3v) is 9.13. The Labute approximate surface area is 255 Å². The lowest BCUT2D eigenvalue weighted by molar-refractivity contribution is -0.139. The number of benzene rings is 3. The molecule has 0 unspecified atom stereocenters. The van der Waals surface area contributed by atoms with Gasteiger partial charge in [-0.15, -0.1) is 0 Å². The summed E-state index contributed by atoms with van der Waals surface area (Å²) in [7, 11) is -1.38. The highest BCUT2D eigenvalue weighted by molar-refractivity contribution is 7.92. The first-order chi connectivity index (χ1) is 20.3. The highest BCUT2D eigenvalue weighted by Gasteiger charge is 2.33. The molecular formula is C33H43N3O6S. The molecule has 43 heavy (non-hydrogen) atoms. The van der Waals surface area contributed by atoms with Gasteiger partial charge in [0.25, 0.3) is 10.0 Å². The van der Waals surface area contributed by atoms with Crippen molar-refractivity contribution >= 4 is 27.5 Å². The number of sulfonamides is 1. The first-order valence-electron chi connectivity index (χ1n) is 14.3. The summed E-state index contributed by atoms with van der Waals surface area (Å²) in [6, 6.07) is 16.4. The molecule has 0 saturated heterocycles. The quantitative estimate of drug-likeness (QED) is 0.287. The lowest BCUT2D eigenvalue weighted by atomic mass is 10.1. The van der Waals surface area contributed by atoms with Crippen molar-refractivity contribution < 1.29 is 27.5 Å². The smallest absolute Gasteiger partial charge is 0.264 e. The summed E-state index contributed by atoms with van der Waals surface area (Å²) in [5.74, 6) is -0.210. The fraction of sp³-hybridized carbons (Fsp3) is 0.394. The standard InChI is InChI=1S/C33H43N3O6S/c1-9-25(5)34-33(38)26(6)35(20-27-12-10-22(2)11-13-27)32(37)21-36(28-17-23(3)16-24(4)18-28)43(39,40)29-14-15-30(41-7)31(19-29)42-8/h10-19,25-26H,9,20-21H2,1-8H3,(H,34,38)/t25-,26-/m1/s1. The highest BCUT2D eigenvalue weighted by atomic mass is 32.2. The topological polar surface area (TPSA) is 105 Å². The number of hydrogen-bond donors (Lipinski definition) is 1. The van der Waals surface area contributed by atoms with Gasteiger partial charge in [0.1, 0.15) is 12.6 Å². The molecule has 0 bridgehead atoms. The second kappa shape index (κ2) is 14.4. The number of rotatable bonds is 13. The minimum atomic E-state index is -4.27. The van der Waals surface area contributed by atoms with Gasteiger partial charge in [0, 0.05) is 18.7 Å². The Morgan fingerprint density at radius 3 is 2.00 bits per heavy atom. The molecule has 1 N–H and O–H groups in total. The molecule has 0 saturated carbocycles. The van der Waals surface area contributed by atoms with Crippen molar-refractivity contribution in [1.82, 2.24) is 10.2 Å². The Bertz CT molecular complexity index is 1520. The number of nitrogens with zero attached hydrogens (tertiary/aromatic N) is 2. The third kappa shape index (κ3) is 8.28. The number of methoxy groups -OCH3 is 2. The predicted molar refractivity (Wildman–Crippen MR) is 169 cm³/mol. The van der Waals surface area contributed by atoms with Crippen LogP contribution in [0.4, 0.5) is 5.69 Å². The molecule has 3 aromatic carbocycles. The number of hydrogen-bond acceptors (Lipinski definition) is 6. The Kier molecular flexibility index (Phi) is 11.2. The van der Waals surface area contributed by atoms with Crippen LogP contribution in [-0.2, 0) is 26.2 Å². The van der Waals surface area contributed by atoms with Gasteiger partial charge in [0.05, 0.1) is 24.8 Å². The molecule has 3 aromatic rings. The van der Waals surface area contributed by atoms with Gasteiger partial charge in [-0.2, -0.15) is 0 Å². The Balaban J connectivity index is 2.10. The van der Waals surface area contributed by atoms with Crippen LogP contribution in [0.15, 0.2) is 65.6 Å². The largest absolute Gasteiger partial charge is 0.493 e. The van der Waals surface area contributed by atoms with E-state index in [4.69, 9.17) is 9.47 Å². The number of nitrogens with one attached hydrogen (secondary N) is 1. The molecular weight excluding hydrogens is 566 g/mol. The van der Waals surface area contributed by atoms with Gasteiger partial charge in [-0.3, -0.25) is 13.9 Å². The predicted octanol–water partition coefficient (Wildman–Crippen LogP) is 5.16. The number of anilines is 1. The molecule has 3 rings (SSSR count). The molecule has 0 heterocycles. The summed E-state index contributed by atoms with van der Waals surface area (Å²) in [4.78, 5) is 28.8. The Morgan fingerprint density at radius 1 is 0.837 bits per heavy atom. The average Bonchev–Trinajstić information content (AvgIpc) is 2.97. The number of carbonyl (C=O) groups excluding carboxylic acids is 2. The lowest BCUT2D eigenvalue weighted by Crippen LogP contribution is -2.52. The summed E-state index contributed by atoms with van der Waals surface area (Å²) < 4.78 is 40.2. The van der Waals surface area contributed by atoms with Crippen LogP contribution in [0.3, 0.4) is 0 Å². The molecule has 2 atom stereocenters. The third-order valence-electron chi connectivity index (χ3n) is 7.36. The minimum Gasteiger partial charge on any atom is -0.493 e. The molecule has 9 nitrogen and oxygen atoms in total. The number of carbonyl (C=O) groups is 2. The summed E-state index contributed by atoms with van der Waals surface area (Å²) >= 11 is 0. The fourth-order valence-electron chi connectivity index (χ4n) is 4.67. The van der Waals surface area contributed by atoms with E-state index in [2.05, 4.69) is 5.32 Å². The van der Waals surface area contributed by atoms with Crippen molar-refractivity contribution in [1.29, 1.82) is 0 Å². The monoisotopic (exact) mass is 609 g/mol.